The molecule has 5 atom stereocenters. The van der Waals surface area contributed by atoms with E-state index in [1.165, 1.54) is 17.2 Å². The number of ether oxygens (including phenoxy) is 1. The van der Waals surface area contributed by atoms with Crippen molar-refractivity contribution in [2.45, 2.75) is 50.4 Å². The van der Waals surface area contributed by atoms with Gasteiger partial charge >= 0.3 is 0 Å². The minimum atomic E-state index is -1.25. The average molecular weight is 381 g/mol. The highest BCUT2D eigenvalue weighted by atomic mass is 16.6. The van der Waals surface area contributed by atoms with E-state index in [0.29, 0.717) is 35.5 Å². The van der Waals surface area contributed by atoms with Crippen LogP contribution in [0.2, 0.25) is 0 Å². The number of aliphatic hydroxyl groups excluding tert-OH is 5. The normalized spacial score (nSPS) is 27.4. The van der Waals surface area contributed by atoms with Crippen molar-refractivity contribution in [1.29, 1.82) is 0 Å². The molecule has 0 spiro atoms. The fourth-order valence-electron chi connectivity index (χ4n) is 2.92. The van der Waals surface area contributed by atoms with Crippen LogP contribution < -0.4 is 0 Å². The van der Waals surface area contributed by atoms with Crippen molar-refractivity contribution in [3.05, 3.63) is 12.7 Å². The van der Waals surface area contributed by atoms with Crippen LogP contribution in [0.3, 0.4) is 0 Å². The van der Waals surface area contributed by atoms with Crippen LogP contribution in [-0.4, -0.2) is 88.4 Å². The molecule has 0 aliphatic carbocycles. The van der Waals surface area contributed by atoms with Crippen molar-refractivity contribution in [1.82, 2.24) is 19.5 Å². The fraction of sp³-hybridized carbons (Fsp3) is 0.625. The Bertz CT molecular complexity index is 812. The lowest BCUT2D eigenvalue weighted by Crippen LogP contribution is -2.33. The van der Waals surface area contributed by atoms with Crippen molar-refractivity contribution >= 4 is 22.7 Å². The number of imidazole rings is 1. The molecule has 11 heteroatoms. The van der Waals surface area contributed by atoms with Gasteiger partial charge in [0, 0.05) is 5.71 Å². The second-order valence-corrected chi connectivity index (χ2v) is 6.47. The molecule has 0 saturated carbocycles. The van der Waals surface area contributed by atoms with E-state index < -0.39 is 37.3 Å². The van der Waals surface area contributed by atoms with E-state index in [4.69, 9.17) is 9.84 Å². The first-order valence-corrected chi connectivity index (χ1v) is 8.59. The number of hydrogen-bond acceptors (Lipinski definition) is 10. The van der Waals surface area contributed by atoms with Crippen LogP contribution in [0.25, 0.3) is 11.2 Å². The number of hydrogen-bond donors (Lipinski definition) is 5. The maximum absolute atomic E-state index is 10.2. The minimum absolute atomic E-state index is 0.306. The van der Waals surface area contributed by atoms with Crippen molar-refractivity contribution in [2.24, 2.45) is 4.99 Å². The maximum Gasteiger partial charge on any atom is 0.183 e. The van der Waals surface area contributed by atoms with Gasteiger partial charge in [0.25, 0.3) is 0 Å². The second-order valence-electron chi connectivity index (χ2n) is 6.47. The van der Waals surface area contributed by atoms with Crippen LogP contribution >= 0.6 is 0 Å². The molecule has 148 valence electrons. The summed E-state index contributed by atoms with van der Waals surface area (Å²) in [6, 6.07) is 0. The Morgan fingerprint density at radius 2 is 2.04 bits per heavy atom. The van der Waals surface area contributed by atoms with Gasteiger partial charge in [-0.1, -0.05) is 0 Å². The smallest absolute Gasteiger partial charge is 0.183 e. The molecule has 0 amide bonds. The first-order chi connectivity index (χ1) is 13.0. The summed E-state index contributed by atoms with van der Waals surface area (Å²) in [7, 11) is 0. The highest BCUT2D eigenvalue weighted by molar-refractivity contribution is 5.89. The number of aliphatic hydroxyl groups is 5. The van der Waals surface area contributed by atoms with Crippen LogP contribution in [-0.2, 0) is 4.74 Å². The standard InChI is InChI=1S/C16H23N5O6/c1-8(2-3-9(24)4-22)20-14-11-15(18-6-17-14)21(7-19-11)16-13(26)12(25)10(5-23)27-16/h6-7,9-10,12-13,16,22-26H,2-5H2,1H3/t9?,10-,12-,13+,16-/m1/s1. The lowest BCUT2D eigenvalue weighted by molar-refractivity contribution is -0.0511. The fourth-order valence-corrected chi connectivity index (χ4v) is 2.92. The van der Waals surface area contributed by atoms with E-state index in [-0.39, 0.29) is 6.61 Å². The summed E-state index contributed by atoms with van der Waals surface area (Å²) in [6.45, 7) is 1.05. The van der Waals surface area contributed by atoms with Crippen LogP contribution in [0.5, 0.6) is 0 Å². The minimum Gasteiger partial charge on any atom is -0.394 e. The first-order valence-electron chi connectivity index (χ1n) is 8.59. The van der Waals surface area contributed by atoms with E-state index in [2.05, 4.69) is 19.9 Å². The van der Waals surface area contributed by atoms with E-state index in [9.17, 15) is 20.4 Å². The van der Waals surface area contributed by atoms with Gasteiger partial charge in [-0.15, -0.1) is 0 Å². The quantitative estimate of drug-likeness (QED) is 0.365. The third-order valence-corrected chi connectivity index (χ3v) is 4.48. The van der Waals surface area contributed by atoms with Crippen LogP contribution in [0.4, 0.5) is 5.82 Å². The SMILES string of the molecule is CC(CCC(O)CO)=Nc1ncnc2c1ncn2[C@@H]1O[C@H](CO)[C@@H](O)[C@@H]1O. The van der Waals surface area contributed by atoms with Crippen LogP contribution in [0.1, 0.15) is 26.0 Å². The number of aromatic nitrogens is 4. The lowest BCUT2D eigenvalue weighted by Gasteiger charge is -2.16. The lowest BCUT2D eigenvalue weighted by atomic mass is 10.1. The highest BCUT2D eigenvalue weighted by Gasteiger charge is 2.44. The average Bonchev–Trinajstić information content (AvgIpc) is 3.22. The zero-order valence-electron chi connectivity index (χ0n) is 14.8. The summed E-state index contributed by atoms with van der Waals surface area (Å²) < 4.78 is 6.97. The van der Waals surface area contributed by atoms with Crippen molar-refractivity contribution in [3.8, 4) is 0 Å². The van der Waals surface area contributed by atoms with E-state index in [1.807, 2.05) is 0 Å². The molecule has 27 heavy (non-hydrogen) atoms. The summed E-state index contributed by atoms with van der Waals surface area (Å²) in [5.41, 5.74) is 1.45. The number of nitrogens with zero attached hydrogens (tertiary/aromatic N) is 5. The number of rotatable bonds is 7. The molecule has 2 aromatic heterocycles. The predicted molar refractivity (Wildman–Crippen MR) is 93.4 cm³/mol. The van der Waals surface area contributed by atoms with Crippen molar-refractivity contribution in [3.63, 3.8) is 0 Å². The summed E-state index contributed by atoms with van der Waals surface area (Å²) >= 11 is 0. The molecule has 1 aliphatic rings. The number of aliphatic imine (C=N–C) groups is 1. The molecule has 0 radical (unpaired) electrons. The maximum atomic E-state index is 10.2. The van der Waals surface area contributed by atoms with Crippen molar-refractivity contribution < 1.29 is 30.3 Å². The van der Waals surface area contributed by atoms with Gasteiger partial charge in [0.1, 0.15) is 24.6 Å². The third kappa shape index (κ3) is 3.98. The van der Waals surface area contributed by atoms with Gasteiger partial charge in [0.2, 0.25) is 0 Å². The monoisotopic (exact) mass is 381 g/mol. The van der Waals surface area contributed by atoms with Crippen molar-refractivity contribution in [2.75, 3.05) is 13.2 Å². The summed E-state index contributed by atoms with van der Waals surface area (Å²) in [5, 5.41) is 47.7. The molecule has 0 bridgehead atoms. The molecule has 1 unspecified atom stereocenters. The van der Waals surface area contributed by atoms with Gasteiger partial charge in [-0.3, -0.25) is 4.57 Å². The van der Waals surface area contributed by atoms with Gasteiger partial charge in [-0.2, -0.15) is 0 Å². The van der Waals surface area contributed by atoms with E-state index in [1.54, 1.807) is 6.92 Å². The van der Waals surface area contributed by atoms with E-state index in [0.717, 1.165) is 0 Å². The van der Waals surface area contributed by atoms with Gasteiger partial charge in [0.05, 0.1) is 25.6 Å². The van der Waals surface area contributed by atoms with E-state index >= 15 is 0 Å². The molecule has 1 saturated heterocycles. The zero-order chi connectivity index (χ0) is 19.6. The van der Waals surface area contributed by atoms with Gasteiger partial charge in [-0.25, -0.2) is 19.9 Å². The van der Waals surface area contributed by atoms with Gasteiger partial charge in [-0.05, 0) is 19.8 Å². The summed E-state index contributed by atoms with van der Waals surface area (Å²) in [4.78, 5) is 16.9. The first kappa shape index (κ1) is 19.7. The van der Waals surface area contributed by atoms with Gasteiger partial charge < -0.3 is 30.3 Å². The second kappa shape index (κ2) is 8.33. The molecule has 5 N–H and O–H groups in total. The molecule has 1 fully saturated rings. The molecule has 3 rings (SSSR count). The van der Waals surface area contributed by atoms with Gasteiger partial charge in [0.15, 0.2) is 23.2 Å². The zero-order valence-corrected chi connectivity index (χ0v) is 14.8. The highest BCUT2D eigenvalue weighted by Crippen LogP contribution is 2.32. The molecule has 3 heterocycles. The Kier molecular flexibility index (Phi) is 6.09. The Balaban J connectivity index is 1.87. The third-order valence-electron chi connectivity index (χ3n) is 4.48. The van der Waals surface area contributed by atoms with Crippen LogP contribution in [0, 0.1) is 0 Å². The molecule has 11 nitrogen and oxygen atoms in total. The largest absolute Gasteiger partial charge is 0.394 e. The Labute approximate surface area is 154 Å². The molecular formula is C16H23N5O6. The summed E-state index contributed by atoms with van der Waals surface area (Å²) in [5.74, 6) is 0.321. The molecular weight excluding hydrogens is 358 g/mol. The van der Waals surface area contributed by atoms with Crippen LogP contribution in [0.15, 0.2) is 17.6 Å². The Morgan fingerprint density at radius 3 is 2.70 bits per heavy atom. The topological polar surface area (TPSA) is 166 Å². The Morgan fingerprint density at radius 1 is 1.26 bits per heavy atom. The summed E-state index contributed by atoms with van der Waals surface area (Å²) in [6.07, 6.45) is -1.57. The molecule has 0 aromatic carbocycles. The molecule has 2 aromatic rings. The Hall–Kier alpha value is -2.02. The molecule has 1 aliphatic heterocycles. The number of fused-ring (bicyclic) bond motifs is 1. The predicted octanol–water partition coefficient (Wildman–Crippen LogP) is -1.34.